The number of nitrogens with two attached hydrogens (primary N) is 1. The Morgan fingerprint density at radius 3 is 2.19 bits per heavy atom. The highest BCUT2D eigenvalue weighted by atomic mass is 19.2. The van der Waals surface area contributed by atoms with Gasteiger partial charge in [-0.05, 0) is 24.5 Å². The van der Waals surface area contributed by atoms with E-state index in [9.17, 15) is 13.2 Å². The molecule has 0 spiro atoms. The lowest BCUT2D eigenvalue weighted by Crippen LogP contribution is -2.44. The molecule has 0 heterocycles. The first-order valence-electron chi connectivity index (χ1n) is 5.22. The minimum absolute atomic E-state index is 0.145. The predicted octanol–water partition coefficient (Wildman–Crippen LogP) is 2.87. The zero-order valence-corrected chi connectivity index (χ0v) is 9.28. The van der Waals surface area contributed by atoms with Crippen LogP contribution >= 0.6 is 0 Å². The highest BCUT2D eigenvalue weighted by molar-refractivity contribution is 5.34. The average molecular weight is 229 g/mol. The van der Waals surface area contributed by atoms with E-state index in [1.54, 1.807) is 13.8 Å². The smallest absolute Gasteiger partial charge is 0.194 e. The molecule has 0 amide bonds. The maximum Gasteiger partial charge on any atom is 0.194 e. The van der Waals surface area contributed by atoms with E-state index in [4.69, 9.17) is 5.73 Å². The van der Waals surface area contributed by atoms with Gasteiger partial charge >= 0.3 is 0 Å². The predicted molar refractivity (Wildman–Crippen MR) is 55.5 cm³/mol. The van der Waals surface area contributed by atoms with Gasteiger partial charge < -0.3 is 5.73 Å². The van der Waals surface area contributed by atoms with Crippen LogP contribution in [0.2, 0.25) is 0 Å². The molecular formula is C12H14F3N. The molecule has 0 aliphatic heterocycles. The molecule has 4 heteroatoms. The van der Waals surface area contributed by atoms with Crippen molar-refractivity contribution < 1.29 is 13.2 Å². The highest BCUT2D eigenvalue weighted by Gasteiger charge is 2.53. The van der Waals surface area contributed by atoms with Crippen LogP contribution in [0.15, 0.2) is 12.1 Å². The number of benzene rings is 1. The van der Waals surface area contributed by atoms with Crippen LogP contribution in [-0.4, -0.2) is 5.54 Å². The van der Waals surface area contributed by atoms with Crippen molar-refractivity contribution in [2.24, 2.45) is 5.73 Å². The molecule has 1 aliphatic carbocycles. The van der Waals surface area contributed by atoms with E-state index in [2.05, 4.69) is 0 Å². The van der Waals surface area contributed by atoms with Crippen LogP contribution in [0.5, 0.6) is 0 Å². The summed E-state index contributed by atoms with van der Waals surface area (Å²) in [5.41, 5.74) is 4.98. The van der Waals surface area contributed by atoms with E-state index in [0.29, 0.717) is 0 Å². The second-order valence-electron chi connectivity index (χ2n) is 5.00. The third-order valence-corrected chi connectivity index (χ3v) is 3.74. The maximum absolute atomic E-state index is 13.6. The van der Waals surface area contributed by atoms with E-state index >= 15 is 0 Å². The van der Waals surface area contributed by atoms with Crippen molar-refractivity contribution in [1.29, 1.82) is 0 Å². The van der Waals surface area contributed by atoms with Gasteiger partial charge in [-0.2, -0.15) is 0 Å². The molecule has 0 atom stereocenters. The summed E-state index contributed by atoms with van der Waals surface area (Å²) in [6.45, 7) is 3.52. The molecule has 1 saturated carbocycles. The molecule has 0 unspecified atom stereocenters. The van der Waals surface area contributed by atoms with Gasteiger partial charge in [-0.25, -0.2) is 13.2 Å². The Hall–Kier alpha value is -1.03. The minimum atomic E-state index is -1.42. The van der Waals surface area contributed by atoms with Crippen LogP contribution in [0.3, 0.4) is 0 Å². The summed E-state index contributed by atoms with van der Waals surface area (Å²) in [5.74, 6) is -3.71. The number of hydrogen-bond acceptors (Lipinski definition) is 1. The molecule has 0 aromatic heterocycles. The third-order valence-electron chi connectivity index (χ3n) is 3.74. The van der Waals surface area contributed by atoms with E-state index in [1.165, 1.54) is 6.07 Å². The Kier molecular flexibility index (Phi) is 2.31. The molecule has 1 nitrogen and oxygen atoms in total. The topological polar surface area (TPSA) is 26.0 Å². The number of hydrogen-bond donors (Lipinski definition) is 1. The van der Waals surface area contributed by atoms with Crippen LogP contribution in [0.25, 0.3) is 0 Å². The summed E-state index contributed by atoms with van der Waals surface area (Å²) < 4.78 is 39.6. The maximum atomic E-state index is 13.6. The number of halogens is 3. The molecule has 16 heavy (non-hydrogen) atoms. The molecule has 1 aliphatic rings. The van der Waals surface area contributed by atoms with Crippen molar-refractivity contribution >= 4 is 0 Å². The van der Waals surface area contributed by atoms with Crippen LogP contribution < -0.4 is 5.73 Å². The Bertz CT molecular complexity index is 436. The molecule has 88 valence electrons. The fraction of sp³-hybridized carbons (Fsp3) is 0.500. The molecule has 0 saturated heterocycles. The van der Waals surface area contributed by atoms with E-state index < -0.39 is 28.4 Å². The second kappa shape index (κ2) is 3.23. The Morgan fingerprint density at radius 1 is 1.12 bits per heavy atom. The molecule has 0 radical (unpaired) electrons. The van der Waals surface area contributed by atoms with Crippen LogP contribution in [-0.2, 0) is 5.41 Å². The van der Waals surface area contributed by atoms with E-state index in [1.807, 2.05) is 0 Å². The fourth-order valence-electron chi connectivity index (χ4n) is 2.04. The van der Waals surface area contributed by atoms with Gasteiger partial charge in [0.05, 0.1) is 0 Å². The van der Waals surface area contributed by atoms with Crippen molar-refractivity contribution in [3.05, 3.63) is 35.1 Å². The lowest BCUT2D eigenvalue weighted by Gasteiger charge is -2.32. The second-order valence-corrected chi connectivity index (χ2v) is 5.00. The Labute approximate surface area is 92.5 Å². The first-order valence-corrected chi connectivity index (χ1v) is 5.22. The summed E-state index contributed by atoms with van der Waals surface area (Å²) in [6, 6.07) is 2.22. The van der Waals surface area contributed by atoms with Gasteiger partial charge in [0.1, 0.15) is 0 Å². The fourth-order valence-corrected chi connectivity index (χ4v) is 2.04. The standard InChI is InChI=1S/C12H14F3N/c1-11(2,12(16)5-6-12)7-3-4-8(13)10(15)9(7)14/h3-4H,5-6,16H2,1-2H3. The van der Waals surface area contributed by atoms with Gasteiger partial charge in [-0.3, -0.25) is 0 Å². The van der Waals surface area contributed by atoms with Crippen molar-refractivity contribution in [2.45, 2.75) is 37.6 Å². The van der Waals surface area contributed by atoms with Crippen LogP contribution in [0.1, 0.15) is 32.3 Å². The minimum Gasteiger partial charge on any atom is -0.324 e. The monoisotopic (exact) mass is 229 g/mol. The summed E-state index contributed by atoms with van der Waals surface area (Å²) >= 11 is 0. The zero-order valence-electron chi connectivity index (χ0n) is 9.28. The SMILES string of the molecule is CC(C)(c1ccc(F)c(F)c1F)C1(N)CC1. The average Bonchev–Trinajstić information content (AvgIpc) is 2.94. The summed E-state index contributed by atoms with van der Waals surface area (Å²) in [6.07, 6.45) is 1.55. The highest BCUT2D eigenvalue weighted by Crippen LogP contribution is 2.49. The van der Waals surface area contributed by atoms with Crippen LogP contribution in [0, 0.1) is 17.5 Å². The van der Waals surface area contributed by atoms with Crippen molar-refractivity contribution in [3.63, 3.8) is 0 Å². The molecule has 1 aromatic rings. The van der Waals surface area contributed by atoms with Crippen LogP contribution in [0.4, 0.5) is 13.2 Å². The van der Waals surface area contributed by atoms with Gasteiger partial charge in [0.25, 0.3) is 0 Å². The van der Waals surface area contributed by atoms with Crippen molar-refractivity contribution in [1.82, 2.24) is 0 Å². The van der Waals surface area contributed by atoms with Gasteiger partial charge in [-0.1, -0.05) is 19.9 Å². The van der Waals surface area contributed by atoms with E-state index in [-0.39, 0.29) is 5.56 Å². The number of rotatable bonds is 2. The molecular weight excluding hydrogens is 215 g/mol. The molecule has 1 aromatic carbocycles. The lowest BCUT2D eigenvalue weighted by atomic mass is 9.75. The summed E-state index contributed by atoms with van der Waals surface area (Å²) in [7, 11) is 0. The van der Waals surface area contributed by atoms with Crippen molar-refractivity contribution in [2.75, 3.05) is 0 Å². The zero-order chi connectivity index (χ0) is 12.1. The van der Waals surface area contributed by atoms with E-state index in [0.717, 1.165) is 18.9 Å². The van der Waals surface area contributed by atoms with Gasteiger partial charge in [0, 0.05) is 11.0 Å². The molecule has 1 fully saturated rings. The lowest BCUT2D eigenvalue weighted by molar-refractivity contribution is 0.357. The first-order chi connectivity index (χ1) is 7.29. The Balaban J connectivity index is 2.53. The first kappa shape index (κ1) is 11.5. The summed E-state index contributed by atoms with van der Waals surface area (Å²) in [5, 5.41) is 0. The summed E-state index contributed by atoms with van der Waals surface area (Å²) in [4.78, 5) is 0. The quantitative estimate of drug-likeness (QED) is 0.775. The molecule has 2 N–H and O–H groups in total. The normalized spacial score (nSPS) is 18.6. The van der Waals surface area contributed by atoms with Gasteiger partial charge in [0.2, 0.25) is 0 Å². The third kappa shape index (κ3) is 1.44. The Morgan fingerprint density at radius 2 is 1.69 bits per heavy atom. The molecule has 2 rings (SSSR count). The molecule has 0 bridgehead atoms. The largest absolute Gasteiger partial charge is 0.324 e. The van der Waals surface area contributed by atoms with Gasteiger partial charge in [-0.15, -0.1) is 0 Å². The van der Waals surface area contributed by atoms with Gasteiger partial charge in [0.15, 0.2) is 17.5 Å². The van der Waals surface area contributed by atoms with Crippen molar-refractivity contribution in [3.8, 4) is 0 Å².